The van der Waals surface area contributed by atoms with Gasteiger partial charge in [0.15, 0.2) is 0 Å². The molecule has 2 amide bonds. The van der Waals surface area contributed by atoms with Crippen LogP contribution in [0, 0.1) is 17.7 Å². The molecule has 0 spiro atoms. The summed E-state index contributed by atoms with van der Waals surface area (Å²) in [5, 5.41) is 4.62. The van der Waals surface area contributed by atoms with Gasteiger partial charge in [-0.3, -0.25) is 28.4 Å². The summed E-state index contributed by atoms with van der Waals surface area (Å²) in [6.45, 7) is 1.40. The first-order valence-corrected chi connectivity index (χ1v) is 14.5. The molecule has 0 radical (unpaired) electrons. The molecule has 2 aromatic heterocycles. The number of hydrazine groups is 1. The van der Waals surface area contributed by atoms with Crippen molar-refractivity contribution in [1.29, 1.82) is 0 Å². The maximum absolute atomic E-state index is 12.2. The predicted molar refractivity (Wildman–Crippen MR) is 158 cm³/mol. The molecule has 0 aromatic carbocycles. The second kappa shape index (κ2) is 15.7. The van der Waals surface area contributed by atoms with Gasteiger partial charge in [0, 0.05) is 51.8 Å². The lowest BCUT2D eigenvalue weighted by Crippen LogP contribution is -2.43. The van der Waals surface area contributed by atoms with Crippen LogP contribution in [0.15, 0.2) is 43.9 Å². The number of nitroso groups, excluding NO2 is 1. The van der Waals surface area contributed by atoms with Gasteiger partial charge in [0.1, 0.15) is 22.3 Å². The molecule has 14 nitrogen and oxygen atoms in total. The summed E-state index contributed by atoms with van der Waals surface area (Å²) in [6, 6.07) is 0.390. The minimum absolute atomic E-state index is 0.0208. The van der Waals surface area contributed by atoms with E-state index in [2.05, 4.69) is 11.7 Å². The van der Waals surface area contributed by atoms with Crippen LogP contribution in [0.4, 0.5) is 35.1 Å². The molecule has 0 bridgehead atoms. The summed E-state index contributed by atoms with van der Waals surface area (Å²) in [7, 11) is 6.37. The van der Waals surface area contributed by atoms with Crippen LogP contribution in [0.5, 0.6) is 0 Å². The van der Waals surface area contributed by atoms with E-state index in [0.29, 0.717) is 19.8 Å². The summed E-state index contributed by atoms with van der Waals surface area (Å²) >= 11 is 0. The summed E-state index contributed by atoms with van der Waals surface area (Å²) in [6.07, 6.45) is -5.52. The topological polar surface area (TPSA) is 145 Å². The minimum Gasteiger partial charge on any atom is -0.292 e. The SMILES string of the molecule is C=C1CC(C(F)(F)F)C[N+](=O)N1C.CN1C(=O)C2=C(CCCC2)C1=O.Cc1nn(C)c(=O)n1C(F)F.Cn1c(C(F)(F)F)cc(=O)n(C)c1=O. The van der Waals surface area contributed by atoms with Crippen molar-refractivity contribution in [2.45, 2.75) is 57.9 Å². The van der Waals surface area contributed by atoms with Crippen molar-refractivity contribution in [2.24, 2.45) is 27.1 Å². The number of hydrogen-bond donors (Lipinski definition) is 0. The number of likely N-dealkylation sites (N-methyl/N-ethyl adjacent to an activating group) is 1. The summed E-state index contributed by atoms with van der Waals surface area (Å²) < 4.78 is 99.5. The molecule has 0 saturated carbocycles. The standard InChI is InChI=1S/C9H11NO2.C7H7F3N2O2.C7H10F3N2O.C5H7F2N3O/c1-10-8(11)6-4-2-3-5-7(6)9(10)12;1-11-4(7(8,9)10)3-5(13)12(2)6(11)14;1-5-3-6(7(8,9)10)4-12(13)11(5)2;1-3-8-9(2)5(11)10(3)4(6)7/h2-5H2,1H3;3H,1-2H3;6H,1,3-4H2,2H3;4H,1-2H3/q;;+1;. The van der Waals surface area contributed by atoms with Gasteiger partial charge < -0.3 is 0 Å². The van der Waals surface area contributed by atoms with Crippen LogP contribution in [0.2, 0.25) is 0 Å². The Balaban J connectivity index is 0.000000232. The van der Waals surface area contributed by atoms with Gasteiger partial charge in [-0.15, -0.1) is 5.01 Å². The van der Waals surface area contributed by atoms with Gasteiger partial charge in [-0.25, -0.2) is 18.8 Å². The number of hydrogen-bond acceptors (Lipinski definition) is 7. The number of imide groups is 1. The van der Waals surface area contributed by atoms with Gasteiger partial charge in [-0.05, 0) is 32.6 Å². The molecule has 2 aliphatic heterocycles. The number of aromatic nitrogens is 5. The Bertz CT molecular complexity index is 1810. The molecule has 278 valence electrons. The lowest BCUT2D eigenvalue weighted by Gasteiger charge is -2.24. The molecule has 1 fully saturated rings. The molecular weight excluding hydrogens is 696 g/mol. The zero-order valence-electron chi connectivity index (χ0n) is 27.7. The number of nitrogens with zero attached hydrogens (tertiary/aromatic N) is 8. The second-order valence-corrected chi connectivity index (χ2v) is 11.3. The molecule has 0 N–H and O–H groups in total. The number of carbonyl (C=O) groups is 2. The highest BCUT2D eigenvalue weighted by Gasteiger charge is 2.48. The van der Waals surface area contributed by atoms with Crippen LogP contribution in [0.1, 0.15) is 50.2 Å². The van der Waals surface area contributed by atoms with Gasteiger partial charge in [-0.1, -0.05) is 6.58 Å². The van der Waals surface area contributed by atoms with Crippen molar-refractivity contribution in [3.63, 3.8) is 0 Å². The van der Waals surface area contributed by atoms with Crippen LogP contribution in [0.3, 0.4) is 0 Å². The fourth-order valence-corrected chi connectivity index (χ4v) is 4.88. The smallest absolute Gasteiger partial charge is 0.292 e. The van der Waals surface area contributed by atoms with Crippen molar-refractivity contribution in [1.82, 2.24) is 33.4 Å². The van der Waals surface area contributed by atoms with Gasteiger partial charge in [0.25, 0.3) is 17.4 Å². The van der Waals surface area contributed by atoms with Crippen LogP contribution in [-0.2, 0) is 36.9 Å². The summed E-state index contributed by atoms with van der Waals surface area (Å²) in [5.41, 5.74) is -2.26. The van der Waals surface area contributed by atoms with E-state index in [4.69, 9.17) is 0 Å². The number of amides is 2. The molecule has 3 aliphatic rings. The molecule has 50 heavy (non-hydrogen) atoms. The van der Waals surface area contributed by atoms with Crippen molar-refractivity contribution in [3.05, 3.63) is 77.2 Å². The number of rotatable bonds is 1. The monoisotopic (exact) mass is 731 g/mol. The maximum atomic E-state index is 12.2. The Morgan fingerprint density at radius 3 is 1.72 bits per heavy atom. The fourth-order valence-electron chi connectivity index (χ4n) is 4.88. The molecule has 1 atom stereocenters. The van der Waals surface area contributed by atoms with E-state index in [0.717, 1.165) is 60.6 Å². The van der Waals surface area contributed by atoms with E-state index < -0.39 is 54.0 Å². The molecular formula is C28H35F8N8O6+. The first-order valence-electron chi connectivity index (χ1n) is 14.5. The largest absolute Gasteiger partial charge is 0.431 e. The first-order chi connectivity index (χ1) is 22.8. The highest BCUT2D eigenvalue weighted by atomic mass is 19.4. The van der Waals surface area contributed by atoms with Crippen molar-refractivity contribution in [2.75, 3.05) is 20.6 Å². The number of alkyl halides is 8. The molecule has 5 rings (SSSR count). The zero-order chi connectivity index (χ0) is 38.6. The van der Waals surface area contributed by atoms with Gasteiger partial charge in [-0.2, -0.15) is 40.2 Å². The van der Waals surface area contributed by atoms with Gasteiger partial charge in [0.2, 0.25) is 6.54 Å². The summed E-state index contributed by atoms with van der Waals surface area (Å²) in [4.78, 5) is 68.1. The minimum atomic E-state index is -4.69. The van der Waals surface area contributed by atoms with Crippen LogP contribution in [-0.4, -0.2) is 76.9 Å². The number of aryl methyl sites for hydroxylation is 2. The quantitative estimate of drug-likeness (QED) is 0.248. The van der Waals surface area contributed by atoms with Crippen molar-refractivity contribution < 1.29 is 49.6 Å². The highest BCUT2D eigenvalue weighted by molar-refractivity contribution is 6.19. The third-order valence-corrected chi connectivity index (χ3v) is 7.85. The van der Waals surface area contributed by atoms with Crippen LogP contribution in [0.25, 0.3) is 0 Å². The molecule has 1 saturated heterocycles. The van der Waals surface area contributed by atoms with Crippen LogP contribution < -0.4 is 16.9 Å². The Morgan fingerprint density at radius 2 is 1.36 bits per heavy atom. The summed E-state index contributed by atoms with van der Waals surface area (Å²) in [5.74, 6) is -1.72. The highest BCUT2D eigenvalue weighted by Crippen LogP contribution is 2.34. The zero-order valence-corrected chi connectivity index (χ0v) is 27.7. The lowest BCUT2D eigenvalue weighted by atomic mass is 9.93. The number of carbonyl (C=O) groups excluding carboxylic acids is 2. The average Bonchev–Trinajstić information content (AvgIpc) is 3.41. The Labute approximate surface area is 278 Å². The van der Waals surface area contributed by atoms with Gasteiger partial charge >= 0.3 is 30.3 Å². The lowest BCUT2D eigenvalue weighted by molar-refractivity contribution is -0.708. The van der Waals surface area contributed by atoms with E-state index in [9.17, 15) is 64.0 Å². The van der Waals surface area contributed by atoms with E-state index in [-0.39, 0.29) is 34.6 Å². The third-order valence-electron chi connectivity index (χ3n) is 7.85. The number of allylic oxidation sites excluding steroid dienone is 1. The third kappa shape index (κ3) is 9.40. The average molecular weight is 732 g/mol. The molecule has 1 unspecified atom stereocenters. The normalized spacial score (nSPS) is 17.9. The predicted octanol–water partition coefficient (Wildman–Crippen LogP) is 2.95. The Kier molecular flexibility index (Phi) is 13.0. The fraction of sp³-hybridized carbons (Fsp3) is 0.571. The maximum Gasteiger partial charge on any atom is 0.431 e. The molecule has 4 heterocycles. The molecule has 2 aromatic rings. The number of halogens is 8. The van der Waals surface area contributed by atoms with Crippen LogP contribution >= 0.6 is 0 Å². The Hall–Kier alpha value is -4.92. The van der Waals surface area contributed by atoms with E-state index in [1.54, 1.807) is 7.05 Å². The van der Waals surface area contributed by atoms with E-state index in [1.165, 1.54) is 25.9 Å². The van der Waals surface area contributed by atoms with Crippen molar-refractivity contribution in [3.8, 4) is 0 Å². The van der Waals surface area contributed by atoms with E-state index in [1.807, 2.05) is 0 Å². The first kappa shape index (κ1) is 41.3. The Morgan fingerprint density at radius 1 is 0.860 bits per heavy atom. The van der Waals surface area contributed by atoms with Gasteiger partial charge in [0.05, 0.1) is 17.7 Å². The molecule has 1 aliphatic carbocycles. The van der Waals surface area contributed by atoms with Crippen molar-refractivity contribution >= 4 is 11.8 Å². The second-order valence-electron chi connectivity index (χ2n) is 11.3. The molecule has 22 heteroatoms. The van der Waals surface area contributed by atoms with E-state index >= 15 is 0 Å².